The fraction of sp³-hybridized carbons (Fsp3) is 0.158. The maximum absolute atomic E-state index is 14.2. The predicted molar refractivity (Wildman–Crippen MR) is 99.8 cm³/mol. The average molecular weight is 355 g/mol. The van der Waals surface area contributed by atoms with Crippen molar-refractivity contribution in [3.8, 4) is 17.0 Å². The maximum Gasteiger partial charge on any atom is 0.206 e. The van der Waals surface area contributed by atoms with Crippen molar-refractivity contribution < 1.29 is 9.13 Å². The van der Waals surface area contributed by atoms with E-state index in [4.69, 9.17) is 4.74 Å². The lowest BCUT2D eigenvalue weighted by Gasteiger charge is -2.05. The predicted octanol–water partition coefficient (Wildman–Crippen LogP) is 4.17. The number of rotatable bonds is 5. The highest BCUT2D eigenvalue weighted by atomic mass is 32.1. The number of methoxy groups -OCH3 is 1. The summed E-state index contributed by atoms with van der Waals surface area (Å²) in [4.78, 5) is 5.17. The zero-order valence-electron chi connectivity index (χ0n) is 14.0. The van der Waals surface area contributed by atoms with Crippen LogP contribution in [0.25, 0.3) is 11.3 Å². The van der Waals surface area contributed by atoms with Gasteiger partial charge >= 0.3 is 0 Å². The lowest BCUT2D eigenvalue weighted by atomic mass is 10.1. The topological polar surface area (TPSA) is 38.9 Å². The fourth-order valence-corrected chi connectivity index (χ4v) is 3.25. The molecule has 0 aliphatic carbocycles. The first-order valence-corrected chi connectivity index (χ1v) is 8.75. The second-order valence-electron chi connectivity index (χ2n) is 5.19. The van der Waals surface area contributed by atoms with Gasteiger partial charge in [0.15, 0.2) is 0 Å². The van der Waals surface area contributed by atoms with Crippen LogP contribution in [0.5, 0.6) is 5.75 Å². The van der Waals surface area contributed by atoms with Gasteiger partial charge in [-0.15, -0.1) is 11.3 Å². The smallest absolute Gasteiger partial charge is 0.206 e. The van der Waals surface area contributed by atoms with E-state index in [1.54, 1.807) is 30.1 Å². The number of aromatic nitrogens is 1. The quantitative estimate of drug-likeness (QED) is 0.633. The van der Waals surface area contributed by atoms with E-state index in [2.05, 4.69) is 10.1 Å². The van der Waals surface area contributed by atoms with Crippen LogP contribution in [-0.2, 0) is 0 Å². The number of benzene rings is 2. The molecule has 0 N–H and O–H groups in total. The number of ether oxygens (including phenoxy) is 1. The molecule has 0 aliphatic rings. The van der Waals surface area contributed by atoms with E-state index in [-0.39, 0.29) is 5.82 Å². The molecule has 0 unspecified atom stereocenters. The van der Waals surface area contributed by atoms with E-state index >= 15 is 0 Å². The molecule has 0 radical (unpaired) electrons. The normalized spacial score (nSPS) is 12.0. The van der Waals surface area contributed by atoms with E-state index in [9.17, 15) is 4.39 Å². The maximum atomic E-state index is 14.2. The van der Waals surface area contributed by atoms with E-state index in [0.717, 1.165) is 16.1 Å². The molecule has 0 fully saturated rings. The Bertz CT molecular complexity index is 959. The Morgan fingerprint density at radius 3 is 2.80 bits per heavy atom. The van der Waals surface area contributed by atoms with Gasteiger partial charge in [0.2, 0.25) is 4.80 Å². The van der Waals surface area contributed by atoms with Gasteiger partial charge in [0.25, 0.3) is 0 Å². The van der Waals surface area contributed by atoms with Crippen LogP contribution in [0.2, 0.25) is 0 Å². The molecular weight excluding hydrogens is 337 g/mol. The summed E-state index contributed by atoms with van der Waals surface area (Å²) in [5.41, 5.74) is 2.06. The third-order valence-corrected chi connectivity index (χ3v) is 4.40. The highest BCUT2D eigenvalue weighted by Gasteiger charge is 2.11. The zero-order valence-corrected chi connectivity index (χ0v) is 14.8. The van der Waals surface area contributed by atoms with Gasteiger partial charge in [-0.2, -0.15) is 5.10 Å². The van der Waals surface area contributed by atoms with E-state index < -0.39 is 0 Å². The molecule has 0 amide bonds. The number of hydrogen-bond donors (Lipinski definition) is 0. The van der Waals surface area contributed by atoms with Crippen LogP contribution in [0.15, 0.2) is 64.0 Å². The Kier molecular flexibility index (Phi) is 5.40. The monoisotopic (exact) mass is 355 g/mol. The molecule has 0 bridgehead atoms. The van der Waals surface area contributed by atoms with Crippen molar-refractivity contribution in [2.24, 2.45) is 10.1 Å². The first-order chi connectivity index (χ1) is 12.2. The summed E-state index contributed by atoms with van der Waals surface area (Å²) in [7, 11) is 1.62. The summed E-state index contributed by atoms with van der Waals surface area (Å²) in [6, 6.07) is 14.2. The highest BCUT2D eigenvalue weighted by molar-refractivity contribution is 7.07. The van der Waals surface area contributed by atoms with Crippen molar-refractivity contribution in [3.05, 3.63) is 70.1 Å². The molecule has 0 aliphatic heterocycles. The molecule has 2 aromatic carbocycles. The van der Waals surface area contributed by atoms with Crippen molar-refractivity contribution in [1.82, 2.24) is 4.68 Å². The summed E-state index contributed by atoms with van der Waals surface area (Å²) in [6.07, 6.45) is 1.72. The molecule has 0 atom stereocenters. The Morgan fingerprint density at radius 1 is 1.20 bits per heavy atom. The van der Waals surface area contributed by atoms with E-state index in [1.807, 2.05) is 42.6 Å². The summed E-state index contributed by atoms with van der Waals surface area (Å²) >= 11 is 1.44. The van der Waals surface area contributed by atoms with Crippen LogP contribution < -0.4 is 9.54 Å². The molecule has 0 saturated carbocycles. The minimum Gasteiger partial charge on any atom is -0.497 e. The van der Waals surface area contributed by atoms with Gasteiger partial charge in [0.1, 0.15) is 11.6 Å². The third-order valence-electron chi connectivity index (χ3n) is 3.54. The third kappa shape index (κ3) is 3.85. The van der Waals surface area contributed by atoms with Crippen LogP contribution in [-0.4, -0.2) is 24.5 Å². The Labute approximate surface area is 149 Å². The largest absolute Gasteiger partial charge is 0.497 e. The van der Waals surface area contributed by atoms with Gasteiger partial charge < -0.3 is 4.74 Å². The molecule has 1 aromatic heterocycles. The molecule has 1 heterocycles. The second-order valence-corrected chi connectivity index (χ2v) is 6.03. The van der Waals surface area contributed by atoms with Crippen molar-refractivity contribution in [2.45, 2.75) is 6.92 Å². The molecule has 4 nitrogen and oxygen atoms in total. The van der Waals surface area contributed by atoms with Gasteiger partial charge in [0.05, 0.1) is 19.0 Å². The molecule has 6 heteroatoms. The first-order valence-electron chi connectivity index (χ1n) is 7.87. The standard InChI is InChI=1S/C19H18FN3OS/c1-3-21-19-23(22-12-14-7-6-8-15(11-14)24-2)18(13-25-19)16-9-4-5-10-17(16)20/h4-13H,3H2,1-2H3/b21-19?,22-12-. The van der Waals surface area contributed by atoms with Crippen LogP contribution >= 0.6 is 11.3 Å². The summed E-state index contributed by atoms with van der Waals surface area (Å²) in [5.74, 6) is 0.473. The Morgan fingerprint density at radius 2 is 2.04 bits per heavy atom. The van der Waals surface area contributed by atoms with Gasteiger partial charge in [-0.05, 0) is 36.8 Å². The average Bonchev–Trinajstić information content (AvgIpc) is 3.03. The second kappa shape index (κ2) is 7.90. The Hall–Kier alpha value is -2.73. The molecule has 3 aromatic rings. The van der Waals surface area contributed by atoms with Gasteiger partial charge in [-0.3, -0.25) is 4.99 Å². The van der Waals surface area contributed by atoms with Crippen molar-refractivity contribution in [3.63, 3.8) is 0 Å². The molecule has 0 spiro atoms. The lowest BCUT2D eigenvalue weighted by molar-refractivity contribution is 0.415. The number of thiazole rings is 1. The zero-order chi connectivity index (χ0) is 17.6. The van der Waals surface area contributed by atoms with Gasteiger partial charge in [-0.25, -0.2) is 9.07 Å². The van der Waals surface area contributed by atoms with Crippen molar-refractivity contribution in [2.75, 3.05) is 13.7 Å². The van der Waals surface area contributed by atoms with Crippen LogP contribution in [0, 0.1) is 5.82 Å². The van der Waals surface area contributed by atoms with E-state index in [1.165, 1.54) is 17.4 Å². The van der Waals surface area contributed by atoms with Gasteiger partial charge in [-0.1, -0.05) is 24.3 Å². The van der Waals surface area contributed by atoms with E-state index in [0.29, 0.717) is 17.8 Å². The fourth-order valence-electron chi connectivity index (χ4n) is 2.36. The number of nitrogens with zero attached hydrogens (tertiary/aromatic N) is 3. The molecular formula is C19H18FN3OS. The lowest BCUT2D eigenvalue weighted by Crippen LogP contribution is -2.12. The SMILES string of the molecule is CCN=c1scc(-c2ccccc2F)n1/N=C\c1cccc(OC)c1. The molecule has 25 heavy (non-hydrogen) atoms. The molecule has 128 valence electrons. The highest BCUT2D eigenvalue weighted by Crippen LogP contribution is 2.23. The first kappa shape index (κ1) is 17.1. The summed E-state index contributed by atoms with van der Waals surface area (Å²) in [6.45, 7) is 2.59. The summed E-state index contributed by atoms with van der Waals surface area (Å²) < 4.78 is 21.1. The van der Waals surface area contributed by atoms with Crippen LogP contribution in [0.1, 0.15) is 12.5 Å². The Balaban J connectivity index is 2.08. The van der Waals surface area contributed by atoms with Crippen molar-refractivity contribution in [1.29, 1.82) is 0 Å². The van der Waals surface area contributed by atoms with Crippen LogP contribution in [0.4, 0.5) is 4.39 Å². The number of hydrogen-bond acceptors (Lipinski definition) is 4. The molecule has 3 rings (SSSR count). The van der Waals surface area contributed by atoms with Crippen molar-refractivity contribution >= 4 is 17.6 Å². The minimum absolute atomic E-state index is 0.284. The summed E-state index contributed by atoms with van der Waals surface area (Å²) in [5, 5.41) is 6.40. The molecule has 0 saturated heterocycles. The number of halogens is 1. The van der Waals surface area contributed by atoms with Crippen LogP contribution in [0.3, 0.4) is 0 Å². The van der Waals surface area contributed by atoms with Gasteiger partial charge in [0, 0.05) is 17.5 Å². The minimum atomic E-state index is -0.284.